The lowest BCUT2D eigenvalue weighted by molar-refractivity contribution is 0.0659. The third-order valence-electron chi connectivity index (χ3n) is 4.11. The number of amides is 1. The number of furan rings is 1. The number of piperidine rings is 1. The van der Waals surface area contributed by atoms with Gasteiger partial charge in [-0.3, -0.25) is 4.79 Å². The first-order valence-corrected chi connectivity index (χ1v) is 7.41. The van der Waals surface area contributed by atoms with Gasteiger partial charge in [-0.25, -0.2) is 0 Å². The Balaban J connectivity index is 1.54. The zero-order valence-electron chi connectivity index (χ0n) is 12.0. The van der Waals surface area contributed by atoms with Gasteiger partial charge in [0.05, 0.1) is 0 Å². The number of nitrogens with two attached hydrogens (primary N) is 1. The molecule has 3 rings (SSSR count). The van der Waals surface area contributed by atoms with Crippen LogP contribution in [0.15, 0.2) is 46.9 Å². The molecule has 0 radical (unpaired) electrons. The van der Waals surface area contributed by atoms with E-state index in [4.69, 9.17) is 10.2 Å². The summed E-state index contributed by atoms with van der Waals surface area (Å²) in [5, 5.41) is 0. The number of hydrogen-bond acceptors (Lipinski definition) is 3. The second-order valence-electron chi connectivity index (χ2n) is 5.63. The summed E-state index contributed by atoms with van der Waals surface area (Å²) in [6.45, 7) is 1.58. The SMILES string of the molecule is Nc1ccc(C(=O)N2CCC(Cc3ccccc3)CC2)o1. The van der Waals surface area contributed by atoms with E-state index >= 15 is 0 Å². The highest BCUT2D eigenvalue weighted by Crippen LogP contribution is 2.23. The van der Waals surface area contributed by atoms with E-state index in [1.165, 1.54) is 5.56 Å². The van der Waals surface area contributed by atoms with Crippen molar-refractivity contribution in [2.75, 3.05) is 18.8 Å². The van der Waals surface area contributed by atoms with Crippen LogP contribution < -0.4 is 5.73 Å². The van der Waals surface area contributed by atoms with Crippen molar-refractivity contribution in [3.05, 3.63) is 53.8 Å². The van der Waals surface area contributed by atoms with Crippen LogP contribution in [0.25, 0.3) is 0 Å². The minimum atomic E-state index is -0.0511. The van der Waals surface area contributed by atoms with Gasteiger partial charge in [-0.1, -0.05) is 30.3 Å². The Bertz CT molecular complexity index is 598. The van der Waals surface area contributed by atoms with Crippen LogP contribution in [0.1, 0.15) is 29.0 Å². The van der Waals surface area contributed by atoms with Gasteiger partial charge in [0.25, 0.3) is 5.91 Å². The van der Waals surface area contributed by atoms with E-state index in [2.05, 4.69) is 24.3 Å². The van der Waals surface area contributed by atoms with Gasteiger partial charge in [0, 0.05) is 19.2 Å². The molecule has 4 heteroatoms. The molecule has 0 saturated carbocycles. The Labute approximate surface area is 124 Å². The molecule has 110 valence electrons. The van der Waals surface area contributed by atoms with Gasteiger partial charge in [-0.05, 0) is 36.8 Å². The van der Waals surface area contributed by atoms with Gasteiger partial charge in [-0.15, -0.1) is 0 Å². The van der Waals surface area contributed by atoms with Crippen molar-refractivity contribution in [2.24, 2.45) is 5.92 Å². The first-order chi connectivity index (χ1) is 10.2. The van der Waals surface area contributed by atoms with E-state index in [1.54, 1.807) is 12.1 Å². The number of hydrogen-bond donors (Lipinski definition) is 1. The van der Waals surface area contributed by atoms with Crippen LogP contribution in [0, 0.1) is 5.92 Å². The maximum atomic E-state index is 12.3. The van der Waals surface area contributed by atoms with Gasteiger partial charge < -0.3 is 15.1 Å². The molecule has 1 aromatic carbocycles. The topological polar surface area (TPSA) is 59.5 Å². The molecule has 2 N–H and O–H groups in total. The van der Waals surface area contributed by atoms with Crippen LogP contribution in [-0.2, 0) is 6.42 Å². The van der Waals surface area contributed by atoms with E-state index in [1.807, 2.05) is 11.0 Å². The number of nitrogen functional groups attached to an aromatic ring is 1. The molecular weight excluding hydrogens is 264 g/mol. The lowest BCUT2D eigenvalue weighted by Crippen LogP contribution is -2.38. The van der Waals surface area contributed by atoms with Crippen molar-refractivity contribution in [3.8, 4) is 0 Å². The van der Waals surface area contributed by atoms with Crippen molar-refractivity contribution >= 4 is 11.8 Å². The van der Waals surface area contributed by atoms with Crippen LogP contribution >= 0.6 is 0 Å². The van der Waals surface area contributed by atoms with Crippen molar-refractivity contribution in [1.29, 1.82) is 0 Å². The maximum absolute atomic E-state index is 12.3. The monoisotopic (exact) mass is 284 g/mol. The standard InChI is InChI=1S/C17H20N2O2/c18-16-7-6-15(21-16)17(20)19-10-8-14(9-11-19)12-13-4-2-1-3-5-13/h1-7,14H,8-12,18H2. The van der Waals surface area contributed by atoms with Gasteiger partial charge in [0.2, 0.25) is 0 Å². The van der Waals surface area contributed by atoms with Crippen LogP contribution in [0.3, 0.4) is 0 Å². The number of carbonyl (C=O) groups is 1. The van der Waals surface area contributed by atoms with Crippen LogP contribution in [-0.4, -0.2) is 23.9 Å². The molecule has 1 aliphatic heterocycles. The fraction of sp³-hybridized carbons (Fsp3) is 0.353. The summed E-state index contributed by atoms with van der Waals surface area (Å²) < 4.78 is 5.21. The van der Waals surface area contributed by atoms with Crippen molar-refractivity contribution in [2.45, 2.75) is 19.3 Å². The van der Waals surface area contributed by atoms with E-state index in [-0.39, 0.29) is 11.8 Å². The van der Waals surface area contributed by atoms with E-state index < -0.39 is 0 Å². The third-order valence-corrected chi connectivity index (χ3v) is 4.11. The van der Waals surface area contributed by atoms with Gasteiger partial charge in [-0.2, -0.15) is 0 Å². The Hall–Kier alpha value is -2.23. The van der Waals surface area contributed by atoms with E-state index in [0.717, 1.165) is 32.4 Å². The molecule has 0 aliphatic carbocycles. The normalized spacial score (nSPS) is 16.1. The van der Waals surface area contributed by atoms with E-state index in [9.17, 15) is 4.79 Å². The number of nitrogens with zero attached hydrogens (tertiary/aromatic N) is 1. The molecule has 1 amide bonds. The summed E-state index contributed by atoms with van der Waals surface area (Å²) in [5.74, 6) is 1.23. The van der Waals surface area contributed by atoms with Crippen LogP contribution in [0.2, 0.25) is 0 Å². The molecule has 21 heavy (non-hydrogen) atoms. The first kappa shape index (κ1) is 13.7. The van der Waals surface area contributed by atoms with E-state index in [0.29, 0.717) is 11.7 Å². The van der Waals surface area contributed by atoms with Gasteiger partial charge >= 0.3 is 0 Å². The zero-order valence-corrected chi connectivity index (χ0v) is 12.0. The molecule has 1 fully saturated rings. The highest BCUT2D eigenvalue weighted by atomic mass is 16.4. The van der Waals surface area contributed by atoms with Crippen LogP contribution in [0.5, 0.6) is 0 Å². The fourth-order valence-corrected chi connectivity index (χ4v) is 2.91. The highest BCUT2D eigenvalue weighted by Gasteiger charge is 2.25. The summed E-state index contributed by atoms with van der Waals surface area (Å²) in [6.07, 6.45) is 3.17. The molecule has 1 aromatic heterocycles. The number of anilines is 1. The second kappa shape index (κ2) is 6.04. The number of rotatable bonds is 3. The minimum Gasteiger partial charge on any atom is -0.436 e. The summed E-state index contributed by atoms with van der Waals surface area (Å²) in [7, 11) is 0. The predicted molar refractivity (Wildman–Crippen MR) is 81.9 cm³/mol. The number of benzene rings is 1. The fourth-order valence-electron chi connectivity index (χ4n) is 2.91. The average Bonchev–Trinajstić information content (AvgIpc) is 2.95. The van der Waals surface area contributed by atoms with Crippen LogP contribution in [0.4, 0.5) is 5.88 Å². The zero-order chi connectivity index (χ0) is 14.7. The molecular formula is C17H20N2O2. The molecule has 2 aromatic rings. The van der Waals surface area contributed by atoms with Crippen molar-refractivity contribution < 1.29 is 9.21 Å². The first-order valence-electron chi connectivity index (χ1n) is 7.41. The largest absolute Gasteiger partial charge is 0.436 e. The quantitative estimate of drug-likeness (QED) is 0.942. The minimum absolute atomic E-state index is 0.0511. The summed E-state index contributed by atoms with van der Waals surface area (Å²) in [4.78, 5) is 14.1. The van der Waals surface area contributed by atoms with Crippen molar-refractivity contribution in [3.63, 3.8) is 0 Å². The lowest BCUT2D eigenvalue weighted by atomic mass is 9.90. The molecule has 0 unspecified atom stereocenters. The maximum Gasteiger partial charge on any atom is 0.289 e. The Kier molecular flexibility index (Phi) is 3.95. The van der Waals surface area contributed by atoms with Gasteiger partial charge in [0.1, 0.15) is 0 Å². The lowest BCUT2D eigenvalue weighted by Gasteiger charge is -2.31. The number of carbonyl (C=O) groups excluding carboxylic acids is 1. The third kappa shape index (κ3) is 3.27. The summed E-state index contributed by atoms with van der Waals surface area (Å²) >= 11 is 0. The van der Waals surface area contributed by atoms with Gasteiger partial charge in [0.15, 0.2) is 11.6 Å². The van der Waals surface area contributed by atoms with Crippen molar-refractivity contribution in [1.82, 2.24) is 4.90 Å². The Morgan fingerprint density at radius 2 is 1.86 bits per heavy atom. The average molecular weight is 284 g/mol. The Morgan fingerprint density at radius 1 is 1.14 bits per heavy atom. The molecule has 1 saturated heterocycles. The molecule has 2 heterocycles. The number of likely N-dealkylation sites (tertiary alicyclic amines) is 1. The molecule has 0 atom stereocenters. The smallest absolute Gasteiger partial charge is 0.289 e. The second-order valence-corrected chi connectivity index (χ2v) is 5.63. The molecule has 1 aliphatic rings. The molecule has 0 bridgehead atoms. The Morgan fingerprint density at radius 3 is 2.48 bits per heavy atom. The highest BCUT2D eigenvalue weighted by molar-refractivity contribution is 5.91. The predicted octanol–water partition coefficient (Wildman–Crippen LogP) is 2.96. The molecule has 4 nitrogen and oxygen atoms in total. The molecule has 0 spiro atoms. The summed E-state index contributed by atoms with van der Waals surface area (Å²) in [6, 6.07) is 13.8. The summed E-state index contributed by atoms with van der Waals surface area (Å²) in [5.41, 5.74) is 6.89.